The molecular weight excluding hydrogens is 209 g/mol. The van der Waals surface area contributed by atoms with Crippen molar-refractivity contribution in [2.45, 2.75) is 6.42 Å². The number of carbonyl (C=O) groups is 1. The molecule has 1 aromatic rings. The van der Waals surface area contributed by atoms with Crippen LogP contribution in [0.2, 0.25) is 0 Å². The maximum Gasteiger partial charge on any atom is 0.321 e. The summed E-state index contributed by atoms with van der Waals surface area (Å²) in [4.78, 5) is 13.1. The standard InChI is InChI=1S/C11H16FN3O/c1-15(7-3-6-13)11(16)14-10-5-2-4-9(12)8-10/h2,4-5,8H,3,6-7,13H2,1H3,(H,14,16). The molecule has 0 saturated heterocycles. The monoisotopic (exact) mass is 225 g/mol. The van der Waals surface area contributed by atoms with E-state index in [0.717, 1.165) is 6.42 Å². The molecule has 2 amide bonds. The number of nitrogens with zero attached hydrogens (tertiary/aromatic N) is 1. The Morgan fingerprint density at radius 2 is 2.31 bits per heavy atom. The molecule has 1 aromatic carbocycles. The first-order valence-electron chi connectivity index (χ1n) is 5.11. The van der Waals surface area contributed by atoms with Crippen LogP contribution < -0.4 is 11.1 Å². The molecule has 4 nitrogen and oxygen atoms in total. The van der Waals surface area contributed by atoms with Crippen molar-refractivity contribution in [3.63, 3.8) is 0 Å². The molecule has 88 valence electrons. The number of nitrogens with two attached hydrogens (primary N) is 1. The molecule has 1 rings (SSSR count). The SMILES string of the molecule is CN(CCCN)C(=O)Nc1cccc(F)c1. The van der Waals surface area contributed by atoms with Crippen LogP contribution in [0.25, 0.3) is 0 Å². The molecule has 0 bridgehead atoms. The fourth-order valence-corrected chi connectivity index (χ4v) is 1.22. The summed E-state index contributed by atoms with van der Waals surface area (Å²) in [7, 11) is 1.67. The third-order valence-electron chi connectivity index (χ3n) is 2.12. The van der Waals surface area contributed by atoms with Crippen molar-refractivity contribution in [1.82, 2.24) is 4.90 Å². The van der Waals surface area contributed by atoms with Gasteiger partial charge in [-0.05, 0) is 31.2 Å². The molecule has 0 unspecified atom stereocenters. The van der Waals surface area contributed by atoms with Crippen molar-refractivity contribution in [2.75, 3.05) is 25.5 Å². The highest BCUT2D eigenvalue weighted by Gasteiger charge is 2.07. The summed E-state index contributed by atoms with van der Waals surface area (Å²) in [5.41, 5.74) is 5.79. The number of carbonyl (C=O) groups excluding carboxylic acids is 1. The van der Waals surface area contributed by atoms with Gasteiger partial charge in [0.2, 0.25) is 0 Å². The van der Waals surface area contributed by atoms with Gasteiger partial charge in [-0.1, -0.05) is 6.07 Å². The highest BCUT2D eigenvalue weighted by molar-refractivity contribution is 5.89. The summed E-state index contributed by atoms with van der Waals surface area (Å²) in [6, 6.07) is 5.52. The van der Waals surface area contributed by atoms with E-state index in [4.69, 9.17) is 5.73 Å². The molecule has 0 fully saturated rings. The van der Waals surface area contributed by atoms with Crippen LogP contribution in [0.15, 0.2) is 24.3 Å². The zero-order valence-corrected chi connectivity index (χ0v) is 9.24. The van der Waals surface area contributed by atoms with Crippen LogP contribution in [-0.2, 0) is 0 Å². The van der Waals surface area contributed by atoms with Crippen LogP contribution in [-0.4, -0.2) is 31.1 Å². The van der Waals surface area contributed by atoms with Gasteiger partial charge >= 0.3 is 6.03 Å². The molecular formula is C11H16FN3O. The van der Waals surface area contributed by atoms with Gasteiger partial charge in [0.05, 0.1) is 0 Å². The molecule has 0 aliphatic rings. The van der Waals surface area contributed by atoms with E-state index in [9.17, 15) is 9.18 Å². The lowest BCUT2D eigenvalue weighted by molar-refractivity contribution is 0.222. The number of halogens is 1. The predicted octanol–water partition coefficient (Wildman–Crippen LogP) is 1.64. The van der Waals surface area contributed by atoms with Crippen molar-refractivity contribution >= 4 is 11.7 Å². The number of hydrogen-bond acceptors (Lipinski definition) is 2. The van der Waals surface area contributed by atoms with Gasteiger partial charge in [0.25, 0.3) is 0 Å². The zero-order chi connectivity index (χ0) is 12.0. The Bertz CT molecular complexity index is 357. The Morgan fingerprint density at radius 3 is 2.94 bits per heavy atom. The normalized spacial score (nSPS) is 9.94. The van der Waals surface area contributed by atoms with Crippen molar-refractivity contribution in [1.29, 1.82) is 0 Å². The molecule has 0 saturated carbocycles. The minimum Gasteiger partial charge on any atom is -0.330 e. The average Bonchev–Trinajstić information content (AvgIpc) is 2.25. The van der Waals surface area contributed by atoms with Crippen LogP contribution in [0.3, 0.4) is 0 Å². The first-order chi connectivity index (χ1) is 7.63. The lowest BCUT2D eigenvalue weighted by Gasteiger charge is -2.17. The molecule has 0 spiro atoms. The highest BCUT2D eigenvalue weighted by Crippen LogP contribution is 2.09. The summed E-state index contributed by atoms with van der Waals surface area (Å²) in [5.74, 6) is -0.373. The van der Waals surface area contributed by atoms with E-state index in [1.165, 1.54) is 17.0 Å². The lowest BCUT2D eigenvalue weighted by Crippen LogP contribution is -2.32. The fraction of sp³-hybridized carbons (Fsp3) is 0.364. The van der Waals surface area contributed by atoms with Gasteiger partial charge in [-0.3, -0.25) is 0 Å². The van der Waals surface area contributed by atoms with Gasteiger partial charge < -0.3 is 16.0 Å². The van der Waals surface area contributed by atoms with E-state index in [1.807, 2.05) is 0 Å². The van der Waals surface area contributed by atoms with Gasteiger partial charge in [0.15, 0.2) is 0 Å². The molecule has 5 heteroatoms. The summed E-state index contributed by atoms with van der Waals surface area (Å²) in [5, 5.41) is 2.60. The van der Waals surface area contributed by atoms with Crippen LogP contribution in [0.1, 0.15) is 6.42 Å². The van der Waals surface area contributed by atoms with Gasteiger partial charge in [0.1, 0.15) is 5.82 Å². The number of amides is 2. The van der Waals surface area contributed by atoms with E-state index in [-0.39, 0.29) is 11.8 Å². The second kappa shape index (κ2) is 6.07. The summed E-state index contributed by atoms with van der Waals surface area (Å²) in [6.45, 7) is 1.12. The first-order valence-corrected chi connectivity index (χ1v) is 5.11. The number of hydrogen-bond donors (Lipinski definition) is 2. The minimum absolute atomic E-state index is 0.265. The van der Waals surface area contributed by atoms with Gasteiger partial charge in [-0.2, -0.15) is 0 Å². The predicted molar refractivity (Wildman–Crippen MR) is 61.7 cm³/mol. The quantitative estimate of drug-likeness (QED) is 0.818. The third-order valence-corrected chi connectivity index (χ3v) is 2.12. The Kier molecular flexibility index (Phi) is 4.72. The maximum absolute atomic E-state index is 12.8. The van der Waals surface area contributed by atoms with E-state index < -0.39 is 0 Å². The first kappa shape index (κ1) is 12.4. The van der Waals surface area contributed by atoms with Crippen molar-refractivity contribution in [2.24, 2.45) is 5.73 Å². The highest BCUT2D eigenvalue weighted by atomic mass is 19.1. The fourth-order valence-electron chi connectivity index (χ4n) is 1.22. The van der Waals surface area contributed by atoms with Crippen LogP contribution in [0.4, 0.5) is 14.9 Å². The Hall–Kier alpha value is -1.62. The summed E-state index contributed by atoms with van der Waals surface area (Å²) < 4.78 is 12.8. The Morgan fingerprint density at radius 1 is 1.56 bits per heavy atom. The molecule has 0 aliphatic carbocycles. The average molecular weight is 225 g/mol. The van der Waals surface area contributed by atoms with Crippen LogP contribution >= 0.6 is 0 Å². The van der Waals surface area contributed by atoms with Gasteiger partial charge in [0, 0.05) is 19.3 Å². The number of urea groups is 1. The molecule has 16 heavy (non-hydrogen) atoms. The number of rotatable bonds is 4. The van der Waals surface area contributed by atoms with E-state index in [2.05, 4.69) is 5.32 Å². The van der Waals surface area contributed by atoms with Crippen molar-refractivity contribution < 1.29 is 9.18 Å². The molecule has 0 heterocycles. The van der Waals surface area contributed by atoms with Gasteiger partial charge in [-0.25, -0.2) is 9.18 Å². The summed E-state index contributed by atoms with van der Waals surface area (Å²) in [6.07, 6.45) is 0.743. The number of nitrogens with one attached hydrogen (secondary N) is 1. The topological polar surface area (TPSA) is 58.4 Å². The molecule has 0 atom stereocenters. The minimum atomic E-state index is -0.373. The van der Waals surface area contributed by atoms with Crippen LogP contribution in [0.5, 0.6) is 0 Å². The number of anilines is 1. The Labute approximate surface area is 94.2 Å². The molecule has 0 radical (unpaired) electrons. The van der Waals surface area contributed by atoms with Crippen molar-refractivity contribution in [3.8, 4) is 0 Å². The van der Waals surface area contributed by atoms with Crippen molar-refractivity contribution in [3.05, 3.63) is 30.1 Å². The molecule has 0 aliphatic heterocycles. The van der Waals surface area contributed by atoms with E-state index in [0.29, 0.717) is 18.8 Å². The number of benzene rings is 1. The smallest absolute Gasteiger partial charge is 0.321 e. The zero-order valence-electron chi connectivity index (χ0n) is 9.24. The largest absolute Gasteiger partial charge is 0.330 e. The van der Waals surface area contributed by atoms with E-state index >= 15 is 0 Å². The molecule has 3 N–H and O–H groups in total. The van der Waals surface area contributed by atoms with E-state index in [1.54, 1.807) is 19.2 Å². The third kappa shape index (κ3) is 3.86. The van der Waals surface area contributed by atoms with Crippen LogP contribution in [0, 0.1) is 5.82 Å². The lowest BCUT2D eigenvalue weighted by atomic mass is 10.3. The molecule has 0 aromatic heterocycles. The maximum atomic E-state index is 12.8. The second-order valence-electron chi connectivity index (χ2n) is 3.50. The Balaban J connectivity index is 2.50. The van der Waals surface area contributed by atoms with Gasteiger partial charge in [-0.15, -0.1) is 0 Å². The second-order valence-corrected chi connectivity index (χ2v) is 3.50. The summed E-state index contributed by atoms with van der Waals surface area (Å²) >= 11 is 0.